The molecule has 1 aliphatic carbocycles. The van der Waals surface area contributed by atoms with E-state index in [2.05, 4.69) is 41.9 Å². The molecule has 26 heavy (non-hydrogen) atoms. The van der Waals surface area contributed by atoms with Crippen molar-refractivity contribution in [3.63, 3.8) is 0 Å². The monoisotopic (exact) mass is 367 g/mol. The fourth-order valence-electron chi connectivity index (χ4n) is 4.05. The highest BCUT2D eigenvalue weighted by Gasteiger charge is 2.46. The molecule has 1 saturated heterocycles. The minimum absolute atomic E-state index is 0.0691. The van der Waals surface area contributed by atoms with Gasteiger partial charge in [0.1, 0.15) is 5.78 Å². The van der Waals surface area contributed by atoms with Gasteiger partial charge in [0.25, 0.3) is 0 Å². The molecule has 4 heteroatoms. The lowest BCUT2D eigenvalue weighted by molar-refractivity contribution is -0.140. The van der Waals surface area contributed by atoms with Crippen LogP contribution in [0.3, 0.4) is 0 Å². The third-order valence-electron chi connectivity index (χ3n) is 5.79. The lowest BCUT2D eigenvalue weighted by atomic mass is 9.73. The van der Waals surface area contributed by atoms with Crippen molar-refractivity contribution < 1.29 is 9.59 Å². The molecule has 1 aliphatic heterocycles. The van der Waals surface area contributed by atoms with Crippen LogP contribution in [-0.4, -0.2) is 11.7 Å². The topological polar surface area (TPSA) is 46.2 Å². The van der Waals surface area contributed by atoms with Gasteiger partial charge in [-0.05, 0) is 58.7 Å². The number of carbonyl (C=O) groups excluding carboxylic acids is 2. The molecule has 4 rings (SSSR count). The predicted octanol–water partition coefficient (Wildman–Crippen LogP) is 4.76. The van der Waals surface area contributed by atoms with Crippen molar-refractivity contribution in [2.45, 2.75) is 56.9 Å². The highest BCUT2D eigenvalue weighted by molar-refractivity contribution is 7.08. The van der Waals surface area contributed by atoms with E-state index in [0.29, 0.717) is 18.8 Å². The maximum atomic E-state index is 12.9. The Bertz CT molecular complexity index is 772. The van der Waals surface area contributed by atoms with Gasteiger partial charge in [0.2, 0.25) is 5.91 Å². The van der Waals surface area contributed by atoms with Crippen molar-refractivity contribution in [1.82, 2.24) is 5.32 Å². The third-order valence-corrected chi connectivity index (χ3v) is 6.48. The summed E-state index contributed by atoms with van der Waals surface area (Å²) >= 11 is 1.60. The minimum atomic E-state index is -0.723. The molecule has 2 unspecified atom stereocenters. The molecule has 0 bridgehead atoms. The Labute approximate surface area is 158 Å². The van der Waals surface area contributed by atoms with E-state index in [1.54, 1.807) is 11.3 Å². The summed E-state index contributed by atoms with van der Waals surface area (Å²) in [5, 5.41) is 7.31. The molecule has 1 amide bonds. The van der Waals surface area contributed by atoms with Gasteiger partial charge in [-0.25, -0.2) is 0 Å². The van der Waals surface area contributed by atoms with E-state index in [4.69, 9.17) is 0 Å². The quantitative estimate of drug-likeness (QED) is 0.748. The molecule has 136 valence electrons. The Kier molecular flexibility index (Phi) is 4.70. The van der Waals surface area contributed by atoms with Gasteiger partial charge in [0, 0.05) is 6.42 Å². The Balaban J connectivity index is 1.69. The van der Waals surface area contributed by atoms with Crippen LogP contribution >= 0.6 is 11.3 Å². The van der Waals surface area contributed by atoms with Crippen molar-refractivity contribution in [3.05, 3.63) is 57.8 Å². The molecule has 2 atom stereocenters. The van der Waals surface area contributed by atoms with Crippen molar-refractivity contribution in [2.24, 2.45) is 5.92 Å². The van der Waals surface area contributed by atoms with Crippen molar-refractivity contribution >= 4 is 23.0 Å². The third kappa shape index (κ3) is 3.11. The molecule has 0 spiro atoms. The summed E-state index contributed by atoms with van der Waals surface area (Å²) < 4.78 is 0. The van der Waals surface area contributed by atoms with Gasteiger partial charge in [0.15, 0.2) is 0 Å². The number of carbonyl (C=O) groups is 2. The van der Waals surface area contributed by atoms with Gasteiger partial charge in [-0.2, -0.15) is 11.3 Å². The second-order valence-electron chi connectivity index (χ2n) is 7.64. The number of Topliss-reactive ketones (excluding diaryl/α,β-unsaturated/α-hetero) is 1. The molecule has 2 fully saturated rings. The number of piperidine rings is 1. The van der Waals surface area contributed by atoms with Gasteiger partial charge < -0.3 is 5.32 Å². The largest absolute Gasteiger partial charge is 0.341 e. The van der Waals surface area contributed by atoms with Crippen molar-refractivity contribution in [3.8, 4) is 0 Å². The van der Waals surface area contributed by atoms with Gasteiger partial charge in [-0.1, -0.05) is 44.0 Å². The molecular weight excluding hydrogens is 342 g/mol. The summed E-state index contributed by atoms with van der Waals surface area (Å²) in [6.45, 7) is 2.09. The Morgan fingerprint density at radius 1 is 1.12 bits per heavy atom. The number of unbranched alkanes of at least 4 members (excludes halogenated alkanes) is 1. The van der Waals surface area contributed by atoms with E-state index >= 15 is 0 Å². The average Bonchev–Trinajstić information content (AvgIpc) is 3.34. The van der Waals surface area contributed by atoms with Crippen LogP contribution in [-0.2, 0) is 15.1 Å². The number of amides is 1. The smallest absolute Gasteiger partial charge is 0.231 e. The molecule has 2 aliphatic rings. The van der Waals surface area contributed by atoms with Crippen molar-refractivity contribution in [2.75, 3.05) is 0 Å². The van der Waals surface area contributed by atoms with E-state index in [-0.39, 0.29) is 11.7 Å². The van der Waals surface area contributed by atoms with Crippen LogP contribution in [0.4, 0.5) is 0 Å². The lowest BCUT2D eigenvalue weighted by Gasteiger charge is -2.40. The molecule has 1 N–H and O–H groups in total. The summed E-state index contributed by atoms with van der Waals surface area (Å²) in [5.74, 6) is 0.154. The van der Waals surface area contributed by atoms with Crippen LogP contribution in [0.25, 0.3) is 0 Å². The number of hydrogen-bond acceptors (Lipinski definition) is 3. The summed E-state index contributed by atoms with van der Waals surface area (Å²) in [5.41, 5.74) is 2.66. The molecule has 3 nitrogen and oxygen atoms in total. The zero-order chi connectivity index (χ0) is 18.1. The maximum absolute atomic E-state index is 12.9. The first kappa shape index (κ1) is 17.5. The van der Waals surface area contributed by atoms with Crippen LogP contribution in [0.15, 0.2) is 41.1 Å². The van der Waals surface area contributed by atoms with Crippen LogP contribution in [0, 0.1) is 5.92 Å². The second-order valence-corrected chi connectivity index (χ2v) is 8.42. The number of benzene rings is 1. The molecule has 0 radical (unpaired) electrons. The van der Waals surface area contributed by atoms with Crippen LogP contribution < -0.4 is 5.32 Å². The molecule has 1 saturated carbocycles. The first-order valence-corrected chi connectivity index (χ1v) is 10.6. The molecule has 1 aromatic heterocycles. The minimum Gasteiger partial charge on any atom is -0.341 e. The SMILES string of the molecule is CCCCC1C(=O)CC(c2ccc(C3CC3)cc2)(c2ccsc2)NC1=O. The van der Waals surface area contributed by atoms with Gasteiger partial charge in [0.05, 0.1) is 11.5 Å². The predicted molar refractivity (Wildman–Crippen MR) is 104 cm³/mol. The first-order valence-electron chi connectivity index (χ1n) is 9.62. The fraction of sp³-hybridized carbons (Fsp3) is 0.455. The Morgan fingerprint density at radius 3 is 2.46 bits per heavy atom. The molecule has 1 aromatic carbocycles. The van der Waals surface area contributed by atoms with E-state index < -0.39 is 11.5 Å². The summed E-state index contributed by atoms with van der Waals surface area (Å²) in [6, 6.07) is 10.6. The summed E-state index contributed by atoms with van der Waals surface area (Å²) in [6.07, 6.45) is 5.43. The molecule has 2 aromatic rings. The lowest BCUT2D eigenvalue weighted by Crippen LogP contribution is -2.56. The maximum Gasteiger partial charge on any atom is 0.231 e. The zero-order valence-corrected chi connectivity index (χ0v) is 16.0. The zero-order valence-electron chi connectivity index (χ0n) is 15.2. The number of rotatable bonds is 6. The van der Waals surface area contributed by atoms with Crippen LogP contribution in [0.5, 0.6) is 0 Å². The number of thiophene rings is 1. The van der Waals surface area contributed by atoms with Crippen LogP contribution in [0.2, 0.25) is 0 Å². The van der Waals surface area contributed by atoms with E-state index in [1.165, 1.54) is 18.4 Å². The second kappa shape index (κ2) is 6.99. The van der Waals surface area contributed by atoms with Crippen molar-refractivity contribution in [1.29, 1.82) is 0 Å². The van der Waals surface area contributed by atoms with E-state index in [9.17, 15) is 9.59 Å². The van der Waals surface area contributed by atoms with Gasteiger partial charge >= 0.3 is 0 Å². The molecular formula is C22H25NO2S. The highest BCUT2D eigenvalue weighted by atomic mass is 32.1. The Hall–Kier alpha value is -1.94. The number of hydrogen-bond donors (Lipinski definition) is 1. The highest BCUT2D eigenvalue weighted by Crippen LogP contribution is 2.43. The van der Waals surface area contributed by atoms with E-state index in [1.807, 2.05) is 11.4 Å². The Morgan fingerprint density at radius 2 is 1.88 bits per heavy atom. The van der Waals surface area contributed by atoms with Gasteiger partial charge in [-0.15, -0.1) is 0 Å². The first-order chi connectivity index (χ1) is 12.6. The molecule has 2 heterocycles. The average molecular weight is 368 g/mol. The summed E-state index contributed by atoms with van der Waals surface area (Å²) in [7, 11) is 0. The number of nitrogens with one attached hydrogen (secondary N) is 1. The van der Waals surface area contributed by atoms with Gasteiger partial charge in [-0.3, -0.25) is 9.59 Å². The van der Waals surface area contributed by atoms with E-state index in [0.717, 1.165) is 24.0 Å². The summed E-state index contributed by atoms with van der Waals surface area (Å²) in [4.78, 5) is 25.8. The number of ketones is 1. The normalized spacial score (nSPS) is 26.0. The standard InChI is InChI=1S/C22H25NO2S/c1-2-3-4-19-20(24)13-22(23-21(19)25,18-11-12-26-14-18)17-9-7-16(8-10-17)15-5-6-15/h7-12,14-15,19H,2-6,13H2,1H3,(H,23,25). The fourth-order valence-corrected chi connectivity index (χ4v) is 4.78. The van der Waals surface area contributed by atoms with Crippen LogP contribution in [0.1, 0.15) is 68.1 Å².